The Balaban J connectivity index is 1.49. The minimum absolute atomic E-state index is 0.0848. The smallest absolute Gasteiger partial charge is 0.336 e. The number of para-hydroxylation sites is 2. The van der Waals surface area contributed by atoms with Gasteiger partial charge in [0.25, 0.3) is 23.6 Å². The number of benzene rings is 3. The van der Waals surface area contributed by atoms with Crippen molar-refractivity contribution in [3.63, 3.8) is 0 Å². The molecule has 1 saturated heterocycles. The lowest BCUT2D eigenvalue weighted by molar-refractivity contribution is -0.122. The van der Waals surface area contributed by atoms with Gasteiger partial charge in [-0.25, -0.2) is 9.69 Å². The summed E-state index contributed by atoms with van der Waals surface area (Å²) in [5.74, 6) is -1.86. The molecule has 3 aromatic carbocycles. The number of amides is 6. The van der Waals surface area contributed by atoms with Crippen molar-refractivity contribution in [3.8, 4) is 11.5 Å². The highest BCUT2D eigenvalue weighted by Gasteiger charge is 2.38. The largest absolute Gasteiger partial charge is 0.496 e. The van der Waals surface area contributed by atoms with Gasteiger partial charge in [-0.1, -0.05) is 30.3 Å². The van der Waals surface area contributed by atoms with E-state index in [1.165, 1.54) is 26.4 Å². The molecule has 0 unspecified atom stereocenters. The molecular formula is C28H21N3O7. The molecule has 1 fully saturated rings. The van der Waals surface area contributed by atoms with Crippen LogP contribution in [-0.4, -0.2) is 48.8 Å². The molecule has 1 N–H and O–H groups in total. The van der Waals surface area contributed by atoms with Gasteiger partial charge in [-0.3, -0.25) is 29.4 Å². The minimum Gasteiger partial charge on any atom is -0.496 e. The second-order valence-corrected chi connectivity index (χ2v) is 8.44. The summed E-state index contributed by atoms with van der Waals surface area (Å²) in [6.07, 6.45) is 1.33. The summed E-state index contributed by atoms with van der Waals surface area (Å²) in [6, 6.07) is 16.9. The fourth-order valence-corrected chi connectivity index (χ4v) is 4.42. The van der Waals surface area contributed by atoms with Crippen LogP contribution in [0.25, 0.3) is 6.08 Å². The fraction of sp³-hybridized carbons (Fsp3) is 0.107. The van der Waals surface area contributed by atoms with E-state index in [4.69, 9.17) is 9.47 Å². The van der Waals surface area contributed by atoms with E-state index in [1.54, 1.807) is 60.7 Å². The van der Waals surface area contributed by atoms with Gasteiger partial charge in [0, 0.05) is 5.56 Å². The molecule has 0 aliphatic carbocycles. The minimum atomic E-state index is -0.900. The van der Waals surface area contributed by atoms with Crippen molar-refractivity contribution in [1.29, 1.82) is 0 Å². The molecule has 2 heterocycles. The third kappa shape index (κ3) is 4.07. The van der Waals surface area contributed by atoms with Crippen LogP contribution in [0.3, 0.4) is 0 Å². The number of hydrogen-bond donors (Lipinski definition) is 1. The molecule has 0 atom stereocenters. The van der Waals surface area contributed by atoms with Gasteiger partial charge in [-0.2, -0.15) is 0 Å². The van der Waals surface area contributed by atoms with E-state index in [0.717, 1.165) is 9.80 Å². The summed E-state index contributed by atoms with van der Waals surface area (Å²) >= 11 is 0. The first-order valence-electron chi connectivity index (χ1n) is 11.5. The molecule has 10 nitrogen and oxygen atoms in total. The zero-order valence-corrected chi connectivity index (χ0v) is 20.4. The van der Waals surface area contributed by atoms with E-state index >= 15 is 0 Å². The SMILES string of the molecule is COc1ccc(C=C2C(=O)NC(=O)N(c3ccccc3OC)C2=O)cc1CN1C(=O)c2ccccc2C1=O. The molecule has 6 amide bonds. The Labute approximate surface area is 217 Å². The van der Waals surface area contributed by atoms with Gasteiger partial charge < -0.3 is 9.47 Å². The standard InChI is InChI=1S/C28H21N3O7/c1-37-22-12-11-16(13-17(22)15-30-25(33)18-7-3-4-8-19(18)26(30)34)14-20-24(32)29-28(36)31(27(20)35)21-9-5-6-10-23(21)38-2/h3-14H,15H2,1-2H3,(H,29,32,36). The summed E-state index contributed by atoms with van der Waals surface area (Å²) in [5, 5.41) is 2.18. The van der Waals surface area contributed by atoms with Crippen molar-refractivity contribution in [2.75, 3.05) is 19.1 Å². The van der Waals surface area contributed by atoms with Gasteiger partial charge in [-0.15, -0.1) is 0 Å². The van der Waals surface area contributed by atoms with Gasteiger partial charge in [0.2, 0.25) is 0 Å². The number of carbonyl (C=O) groups excluding carboxylic acids is 5. The quantitative estimate of drug-likeness (QED) is 0.306. The highest BCUT2D eigenvalue weighted by molar-refractivity contribution is 6.39. The number of nitrogens with zero attached hydrogens (tertiary/aromatic N) is 2. The molecule has 2 aliphatic heterocycles. The zero-order valence-electron chi connectivity index (χ0n) is 20.4. The molecule has 0 radical (unpaired) electrons. The maximum atomic E-state index is 13.3. The highest BCUT2D eigenvalue weighted by atomic mass is 16.5. The second-order valence-electron chi connectivity index (χ2n) is 8.44. The van der Waals surface area contributed by atoms with Crippen molar-refractivity contribution in [3.05, 3.63) is 94.6 Å². The molecule has 190 valence electrons. The number of carbonyl (C=O) groups is 5. The molecule has 0 aromatic heterocycles. The summed E-state index contributed by atoms with van der Waals surface area (Å²) in [5.41, 5.74) is 1.44. The Morgan fingerprint density at radius 2 is 1.39 bits per heavy atom. The van der Waals surface area contributed by atoms with Crippen molar-refractivity contribution in [1.82, 2.24) is 10.2 Å². The van der Waals surface area contributed by atoms with Gasteiger partial charge in [0.05, 0.1) is 37.6 Å². The maximum absolute atomic E-state index is 13.3. The number of methoxy groups -OCH3 is 2. The lowest BCUT2D eigenvalue weighted by Crippen LogP contribution is -2.54. The van der Waals surface area contributed by atoms with E-state index in [-0.39, 0.29) is 23.6 Å². The van der Waals surface area contributed by atoms with E-state index in [1.807, 2.05) is 0 Å². The van der Waals surface area contributed by atoms with Crippen LogP contribution in [0.1, 0.15) is 31.8 Å². The Bertz CT molecular complexity index is 1520. The lowest BCUT2D eigenvalue weighted by atomic mass is 10.0. The second kappa shape index (κ2) is 9.66. The molecule has 2 aliphatic rings. The Kier molecular flexibility index (Phi) is 6.21. The van der Waals surface area contributed by atoms with E-state index in [2.05, 4.69) is 5.32 Å². The van der Waals surface area contributed by atoms with Crippen molar-refractivity contribution in [2.24, 2.45) is 0 Å². The maximum Gasteiger partial charge on any atom is 0.336 e. The normalized spacial score (nSPS) is 16.2. The molecule has 0 bridgehead atoms. The first-order chi connectivity index (χ1) is 18.3. The van der Waals surface area contributed by atoms with Crippen LogP contribution < -0.4 is 19.7 Å². The topological polar surface area (TPSA) is 122 Å². The van der Waals surface area contributed by atoms with Gasteiger partial charge >= 0.3 is 6.03 Å². The summed E-state index contributed by atoms with van der Waals surface area (Å²) in [4.78, 5) is 66.2. The average Bonchev–Trinajstić information content (AvgIpc) is 3.16. The Morgan fingerprint density at radius 3 is 2.05 bits per heavy atom. The van der Waals surface area contributed by atoms with Crippen molar-refractivity contribution < 1.29 is 33.4 Å². The summed E-state index contributed by atoms with van der Waals surface area (Å²) in [6.45, 7) is -0.0848. The predicted octanol–water partition coefficient (Wildman–Crippen LogP) is 3.17. The molecule has 0 spiro atoms. The number of anilines is 1. The number of barbiturate groups is 1. The number of imide groups is 3. The molecule has 3 aromatic rings. The third-order valence-corrected chi connectivity index (χ3v) is 6.25. The van der Waals surface area contributed by atoms with Crippen molar-refractivity contribution >= 4 is 41.4 Å². The molecular weight excluding hydrogens is 490 g/mol. The first kappa shape index (κ1) is 24.4. The van der Waals surface area contributed by atoms with Crippen LogP contribution in [-0.2, 0) is 16.1 Å². The fourth-order valence-electron chi connectivity index (χ4n) is 4.42. The van der Waals surface area contributed by atoms with Crippen molar-refractivity contribution in [2.45, 2.75) is 6.54 Å². The Hall–Kier alpha value is -5.25. The van der Waals surface area contributed by atoms with Crippen LogP contribution in [0, 0.1) is 0 Å². The molecule has 38 heavy (non-hydrogen) atoms. The summed E-state index contributed by atoms with van der Waals surface area (Å²) in [7, 11) is 2.86. The Morgan fingerprint density at radius 1 is 0.763 bits per heavy atom. The van der Waals surface area contributed by atoms with Crippen LogP contribution in [0.5, 0.6) is 11.5 Å². The van der Waals surface area contributed by atoms with Crippen LogP contribution in [0.4, 0.5) is 10.5 Å². The predicted molar refractivity (Wildman–Crippen MR) is 136 cm³/mol. The van der Waals surface area contributed by atoms with E-state index in [9.17, 15) is 24.0 Å². The van der Waals surface area contributed by atoms with Gasteiger partial charge in [0.15, 0.2) is 0 Å². The summed E-state index contributed by atoms with van der Waals surface area (Å²) < 4.78 is 10.7. The van der Waals surface area contributed by atoms with Gasteiger partial charge in [0.1, 0.15) is 17.1 Å². The molecule has 10 heteroatoms. The lowest BCUT2D eigenvalue weighted by Gasteiger charge is -2.27. The molecule has 0 saturated carbocycles. The van der Waals surface area contributed by atoms with Crippen LogP contribution in [0.2, 0.25) is 0 Å². The highest BCUT2D eigenvalue weighted by Crippen LogP contribution is 2.32. The van der Waals surface area contributed by atoms with E-state index < -0.39 is 29.7 Å². The number of hydrogen-bond acceptors (Lipinski definition) is 7. The number of fused-ring (bicyclic) bond motifs is 1. The number of rotatable bonds is 6. The average molecular weight is 511 g/mol. The number of ether oxygens (including phenoxy) is 2. The number of urea groups is 1. The van der Waals surface area contributed by atoms with Crippen LogP contribution >= 0.6 is 0 Å². The van der Waals surface area contributed by atoms with Crippen LogP contribution in [0.15, 0.2) is 72.3 Å². The van der Waals surface area contributed by atoms with E-state index in [0.29, 0.717) is 28.0 Å². The first-order valence-corrected chi connectivity index (χ1v) is 11.5. The number of nitrogens with one attached hydrogen (secondary N) is 1. The zero-order chi connectivity index (χ0) is 27.0. The third-order valence-electron chi connectivity index (χ3n) is 6.25. The monoisotopic (exact) mass is 511 g/mol. The van der Waals surface area contributed by atoms with Gasteiger partial charge in [-0.05, 0) is 48.0 Å². The molecule has 5 rings (SSSR count).